The summed E-state index contributed by atoms with van der Waals surface area (Å²) in [5, 5.41) is 1.21. The van der Waals surface area contributed by atoms with Crippen molar-refractivity contribution in [3.8, 4) is 0 Å². The largest absolute Gasteiger partial charge is 0.393 e. The summed E-state index contributed by atoms with van der Waals surface area (Å²) in [6, 6.07) is 10.5. The fourth-order valence-electron chi connectivity index (χ4n) is 2.91. The highest BCUT2D eigenvalue weighted by molar-refractivity contribution is 7.80. The van der Waals surface area contributed by atoms with Gasteiger partial charge in [-0.25, -0.2) is 0 Å². The Hall–Kier alpha value is -1.52. The molecule has 0 saturated carbocycles. The summed E-state index contributed by atoms with van der Waals surface area (Å²) >= 11 is 5.10. The number of benzene rings is 1. The Balaban J connectivity index is 1.73. The van der Waals surface area contributed by atoms with E-state index in [9.17, 15) is 0 Å². The highest BCUT2D eigenvalue weighted by atomic mass is 32.1. The molecule has 4 heteroatoms. The van der Waals surface area contributed by atoms with E-state index in [1.54, 1.807) is 0 Å². The minimum Gasteiger partial charge on any atom is -0.393 e. The first-order valence-electron chi connectivity index (χ1n) is 7.08. The number of piperidine rings is 1. The fraction of sp³-hybridized carbons (Fsp3) is 0.375. The lowest BCUT2D eigenvalue weighted by atomic mass is 9.96. The molecule has 2 N–H and O–H groups in total. The van der Waals surface area contributed by atoms with Crippen LogP contribution in [-0.4, -0.2) is 28.0 Å². The zero-order valence-corrected chi connectivity index (χ0v) is 12.3. The van der Waals surface area contributed by atoms with Crippen molar-refractivity contribution in [1.29, 1.82) is 0 Å². The van der Waals surface area contributed by atoms with Crippen LogP contribution < -0.4 is 5.73 Å². The third-order valence-electron chi connectivity index (χ3n) is 4.10. The summed E-state index contributed by atoms with van der Waals surface area (Å²) in [5.74, 6) is 0.423. The predicted molar refractivity (Wildman–Crippen MR) is 86.5 cm³/mol. The number of pyridine rings is 1. The number of hydrogen-bond donors (Lipinski definition) is 1. The van der Waals surface area contributed by atoms with Crippen molar-refractivity contribution >= 4 is 28.1 Å². The monoisotopic (exact) mass is 285 g/mol. The highest BCUT2D eigenvalue weighted by Gasteiger charge is 2.21. The van der Waals surface area contributed by atoms with Crippen LogP contribution in [0.15, 0.2) is 36.5 Å². The van der Waals surface area contributed by atoms with E-state index in [2.05, 4.69) is 34.1 Å². The summed E-state index contributed by atoms with van der Waals surface area (Å²) in [5.41, 5.74) is 8.16. The number of hydrogen-bond acceptors (Lipinski definition) is 3. The zero-order valence-electron chi connectivity index (χ0n) is 11.5. The van der Waals surface area contributed by atoms with E-state index >= 15 is 0 Å². The molecule has 3 rings (SSSR count). The van der Waals surface area contributed by atoms with E-state index in [4.69, 9.17) is 18.0 Å². The van der Waals surface area contributed by atoms with Gasteiger partial charge in [0.2, 0.25) is 0 Å². The SMILES string of the molecule is NC(=S)C1CCN(Cc2cccc3cccnc23)CC1. The Morgan fingerprint density at radius 1 is 1.25 bits per heavy atom. The highest BCUT2D eigenvalue weighted by Crippen LogP contribution is 2.22. The molecule has 0 atom stereocenters. The lowest BCUT2D eigenvalue weighted by Crippen LogP contribution is -2.37. The van der Waals surface area contributed by atoms with Crippen molar-refractivity contribution in [2.45, 2.75) is 19.4 Å². The molecule has 3 nitrogen and oxygen atoms in total. The molecule has 0 unspecified atom stereocenters. The number of fused-ring (bicyclic) bond motifs is 1. The molecule has 0 radical (unpaired) electrons. The van der Waals surface area contributed by atoms with Gasteiger partial charge in [0, 0.05) is 24.0 Å². The Kier molecular flexibility index (Phi) is 3.94. The van der Waals surface area contributed by atoms with E-state index in [-0.39, 0.29) is 0 Å². The number of nitrogens with zero attached hydrogens (tertiary/aromatic N) is 2. The lowest BCUT2D eigenvalue weighted by Gasteiger charge is -2.31. The molecule has 2 aromatic rings. The van der Waals surface area contributed by atoms with Gasteiger partial charge in [0.05, 0.1) is 10.5 Å². The first kappa shape index (κ1) is 13.5. The first-order valence-corrected chi connectivity index (χ1v) is 7.49. The Morgan fingerprint density at radius 3 is 2.75 bits per heavy atom. The van der Waals surface area contributed by atoms with Gasteiger partial charge in [0.25, 0.3) is 0 Å². The normalized spacial score (nSPS) is 17.4. The molecule has 1 aliphatic rings. The summed E-state index contributed by atoms with van der Waals surface area (Å²) in [6.07, 6.45) is 4.02. The second kappa shape index (κ2) is 5.85. The standard InChI is InChI=1S/C16H19N3S/c17-16(20)13-6-9-19(10-7-13)11-14-4-1-3-12-5-2-8-18-15(12)14/h1-5,8,13H,6-7,9-11H2,(H2,17,20). The van der Waals surface area contributed by atoms with Gasteiger partial charge in [-0.1, -0.05) is 36.5 Å². The smallest absolute Gasteiger partial charge is 0.0759 e. The summed E-state index contributed by atoms with van der Waals surface area (Å²) in [6.45, 7) is 3.08. The maximum absolute atomic E-state index is 5.74. The molecule has 1 aromatic carbocycles. The molecular formula is C16H19N3S. The van der Waals surface area contributed by atoms with Gasteiger partial charge in [0.15, 0.2) is 0 Å². The van der Waals surface area contributed by atoms with Crippen molar-refractivity contribution in [2.75, 3.05) is 13.1 Å². The van der Waals surface area contributed by atoms with Gasteiger partial charge in [-0.2, -0.15) is 0 Å². The molecule has 104 valence electrons. The maximum Gasteiger partial charge on any atom is 0.0759 e. The molecule has 20 heavy (non-hydrogen) atoms. The molecular weight excluding hydrogens is 266 g/mol. The van der Waals surface area contributed by atoms with Crippen molar-refractivity contribution in [1.82, 2.24) is 9.88 Å². The molecule has 0 spiro atoms. The van der Waals surface area contributed by atoms with Crippen LogP contribution in [0.1, 0.15) is 18.4 Å². The third kappa shape index (κ3) is 2.81. The van der Waals surface area contributed by atoms with Crippen LogP contribution in [0.25, 0.3) is 10.9 Å². The molecule has 0 amide bonds. The van der Waals surface area contributed by atoms with E-state index in [1.165, 1.54) is 10.9 Å². The summed E-state index contributed by atoms with van der Waals surface area (Å²) in [7, 11) is 0. The van der Waals surface area contributed by atoms with Crippen molar-refractivity contribution in [3.05, 3.63) is 42.1 Å². The Bertz CT molecular complexity index is 613. The minimum atomic E-state index is 0.423. The van der Waals surface area contributed by atoms with Crippen LogP contribution in [-0.2, 0) is 6.54 Å². The van der Waals surface area contributed by atoms with Crippen molar-refractivity contribution in [2.24, 2.45) is 11.7 Å². The number of para-hydroxylation sites is 1. The molecule has 1 fully saturated rings. The quantitative estimate of drug-likeness (QED) is 0.881. The van der Waals surface area contributed by atoms with Crippen LogP contribution in [0.2, 0.25) is 0 Å². The van der Waals surface area contributed by atoms with Crippen LogP contribution >= 0.6 is 12.2 Å². The van der Waals surface area contributed by atoms with Gasteiger partial charge in [0.1, 0.15) is 0 Å². The van der Waals surface area contributed by atoms with Crippen LogP contribution in [0.3, 0.4) is 0 Å². The van der Waals surface area contributed by atoms with Gasteiger partial charge < -0.3 is 5.73 Å². The zero-order chi connectivity index (χ0) is 13.9. The van der Waals surface area contributed by atoms with E-state index in [1.807, 2.05) is 12.3 Å². The molecule has 2 heterocycles. The Morgan fingerprint density at radius 2 is 2.00 bits per heavy atom. The van der Waals surface area contributed by atoms with Gasteiger partial charge in [-0.3, -0.25) is 9.88 Å². The van der Waals surface area contributed by atoms with Gasteiger partial charge >= 0.3 is 0 Å². The lowest BCUT2D eigenvalue weighted by molar-refractivity contribution is 0.203. The van der Waals surface area contributed by atoms with E-state index in [0.29, 0.717) is 10.9 Å². The van der Waals surface area contributed by atoms with Crippen molar-refractivity contribution in [3.63, 3.8) is 0 Å². The molecule has 1 saturated heterocycles. The number of nitrogens with two attached hydrogens (primary N) is 1. The second-order valence-electron chi connectivity index (χ2n) is 5.45. The molecule has 1 aromatic heterocycles. The minimum absolute atomic E-state index is 0.423. The third-order valence-corrected chi connectivity index (χ3v) is 4.43. The van der Waals surface area contributed by atoms with Crippen molar-refractivity contribution < 1.29 is 0 Å². The average Bonchev–Trinajstić information content (AvgIpc) is 2.48. The second-order valence-corrected chi connectivity index (χ2v) is 5.92. The molecule has 1 aliphatic heterocycles. The summed E-state index contributed by atoms with van der Waals surface area (Å²) < 4.78 is 0. The van der Waals surface area contributed by atoms with E-state index < -0.39 is 0 Å². The topological polar surface area (TPSA) is 42.1 Å². The van der Waals surface area contributed by atoms with Gasteiger partial charge in [-0.15, -0.1) is 0 Å². The molecule has 0 aliphatic carbocycles. The molecule has 0 bridgehead atoms. The maximum atomic E-state index is 5.74. The number of rotatable bonds is 3. The first-order chi connectivity index (χ1) is 9.74. The van der Waals surface area contributed by atoms with Crippen LogP contribution in [0.4, 0.5) is 0 Å². The van der Waals surface area contributed by atoms with Crippen LogP contribution in [0, 0.1) is 5.92 Å². The van der Waals surface area contributed by atoms with Crippen LogP contribution in [0.5, 0.6) is 0 Å². The number of aromatic nitrogens is 1. The predicted octanol–water partition coefficient (Wildman–Crippen LogP) is 2.73. The average molecular weight is 285 g/mol. The summed E-state index contributed by atoms with van der Waals surface area (Å²) in [4.78, 5) is 7.67. The fourth-order valence-corrected chi connectivity index (χ4v) is 3.15. The number of likely N-dealkylation sites (tertiary alicyclic amines) is 1. The van der Waals surface area contributed by atoms with Gasteiger partial charge in [-0.05, 0) is 37.6 Å². The number of thiocarbonyl (C=S) groups is 1. The Labute approximate surface area is 124 Å². The van der Waals surface area contributed by atoms with E-state index in [0.717, 1.165) is 38.0 Å².